The minimum atomic E-state index is -0.0334. The van der Waals surface area contributed by atoms with E-state index in [2.05, 4.69) is 75.7 Å². The molecular weight excluding hydrogens is 495 g/mol. The molecule has 3 aromatic rings. The first-order valence-electron chi connectivity index (χ1n) is 11.2. The number of carbonyl (C=O) groups excluding carboxylic acids is 1. The summed E-state index contributed by atoms with van der Waals surface area (Å²) >= 11 is 2.27. The molecule has 2 aliphatic carbocycles. The standard InChI is InChI=1S/C27H25IN2O/c28-20-9-11-21(12-10-20)29-27(31)19-8-13-23-22(15-19)24-17-6-7-18(14-17)25(24)26(30-23)16-4-2-1-3-5-16/h1-5,8-13,15,17-18,24-26,30H,6-7,14H2,(H,29,31). The second kappa shape index (κ2) is 7.66. The Balaban J connectivity index is 1.34. The van der Waals surface area contributed by atoms with Crippen LogP contribution < -0.4 is 10.6 Å². The predicted molar refractivity (Wildman–Crippen MR) is 133 cm³/mol. The van der Waals surface area contributed by atoms with Crippen molar-refractivity contribution in [3.05, 3.63) is 93.1 Å². The molecule has 5 atom stereocenters. The Bertz CT molecular complexity index is 1130. The van der Waals surface area contributed by atoms with Crippen molar-refractivity contribution < 1.29 is 4.79 Å². The van der Waals surface area contributed by atoms with E-state index in [-0.39, 0.29) is 5.91 Å². The normalized spacial score (nSPS) is 27.8. The van der Waals surface area contributed by atoms with Crippen LogP contribution in [0.15, 0.2) is 72.8 Å². The maximum atomic E-state index is 13.0. The predicted octanol–water partition coefficient (Wildman–Crippen LogP) is 6.84. The van der Waals surface area contributed by atoms with Crippen LogP contribution in [0.5, 0.6) is 0 Å². The summed E-state index contributed by atoms with van der Waals surface area (Å²) in [6, 6.07) is 25.4. The van der Waals surface area contributed by atoms with Crippen LogP contribution >= 0.6 is 22.6 Å². The molecule has 2 fully saturated rings. The average Bonchev–Trinajstić information content (AvgIpc) is 3.43. The van der Waals surface area contributed by atoms with Gasteiger partial charge in [-0.1, -0.05) is 30.3 Å². The first-order valence-corrected chi connectivity index (χ1v) is 12.3. The quantitative estimate of drug-likeness (QED) is 0.372. The van der Waals surface area contributed by atoms with Gasteiger partial charge in [0.2, 0.25) is 0 Å². The fraction of sp³-hybridized carbons (Fsp3) is 0.296. The van der Waals surface area contributed by atoms with Gasteiger partial charge in [0.15, 0.2) is 0 Å². The van der Waals surface area contributed by atoms with E-state index in [1.807, 2.05) is 30.3 Å². The lowest BCUT2D eigenvalue weighted by atomic mass is 9.68. The summed E-state index contributed by atoms with van der Waals surface area (Å²) in [5, 5.41) is 6.92. The van der Waals surface area contributed by atoms with Gasteiger partial charge in [0, 0.05) is 20.5 Å². The largest absolute Gasteiger partial charge is 0.378 e. The maximum absolute atomic E-state index is 13.0. The number of rotatable bonds is 3. The number of nitrogens with one attached hydrogen (secondary N) is 2. The highest BCUT2D eigenvalue weighted by molar-refractivity contribution is 14.1. The fourth-order valence-electron chi connectivity index (χ4n) is 6.35. The highest BCUT2D eigenvalue weighted by atomic mass is 127. The van der Waals surface area contributed by atoms with E-state index in [9.17, 15) is 4.79 Å². The van der Waals surface area contributed by atoms with Gasteiger partial charge >= 0.3 is 0 Å². The average molecular weight is 520 g/mol. The van der Waals surface area contributed by atoms with Gasteiger partial charge in [0.1, 0.15) is 0 Å². The first-order chi connectivity index (χ1) is 15.2. The van der Waals surface area contributed by atoms with Crippen LogP contribution in [0.25, 0.3) is 0 Å². The lowest BCUT2D eigenvalue weighted by Crippen LogP contribution is -2.35. The second-order valence-corrected chi connectivity index (χ2v) is 10.5. The van der Waals surface area contributed by atoms with Gasteiger partial charge < -0.3 is 10.6 Å². The van der Waals surface area contributed by atoms with Gasteiger partial charge in [-0.3, -0.25) is 4.79 Å². The molecule has 3 aliphatic rings. The summed E-state index contributed by atoms with van der Waals surface area (Å²) in [6.07, 6.45) is 4.00. The van der Waals surface area contributed by atoms with Crippen LogP contribution in [0.1, 0.15) is 52.7 Å². The smallest absolute Gasteiger partial charge is 0.255 e. The number of carbonyl (C=O) groups is 1. The van der Waals surface area contributed by atoms with Gasteiger partial charge in [-0.25, -0.2) is 0 Å². The number of benzene rings is 3. The van der Waals surface area contributed by atoms with E-state index in [1.165, 1.54) is 36.1 Å². The lowest BCUT2D eigenvalue weighted by molar-refractivity contribution is 0.102. The highest BCUT2D eigenvalue weighted by Crippen LogP contribution is 2.63. The SMILES string of the molecule is O=C(Nc1ccc(I)cc1)c1ccc2c(c1)C1C3CCC(C3)C1C(c1ccccc1)N2. The maximum Gasteiger partial charge on any atom is 0.255 e. The monoisotopic (exact) mass is 520 g/mol. The van der Waals surface area contributed by atoms with Crippen LogP contribution in [0, 0.1) is 21.3 Å². The molecule has 0 spiro atoms. The Morgan fingerprint density at radius 3 is 2.52 bits per heavy atom. The van der Waals surface area contributed by atoms with E-state index >= 15 is 0 Å². The Morgan fingerprint density at radius 1 is 0.935 bits per heavy atom. The van der Waals surface area contributed by atoms with Gasteiger partial charge in [0.25, 0.3) is 5.91 Å². The third kappa shape index (κ3) is 3.36. The van der Waals surface area contributed by atoms with E-state index in [0.29, 0.717) is 17.9 Å². The number of halogens is 1. The molecule has 1 heterocycles. The Kier molecular flexibility index (Phi) is 4.78. The summed E-state index contributed by atoms with van der Waals surface area (Å²) in [5.41, 5.74) is 5.52. The Hall–Kier alpha value is -2.34. The molecule has 2 N–H and O–H groups in total. The molecule has 4 heteroatoms. The summed E-state index contributed by atoms with van der Waals surface area (Å²) in [5.74, 6) is 2.66. The van der Waals surface area contributed by atoms with Crippen LogP contribution in [0.2, 0.25) is 0 Å². The molecule has 3 aromatic carbocycles. The molecule has 0 aromatic heterocycles. The third-order valence-corrected chi connectivity index (χ3v) is 8.33. The minimum Gasteiger partial charge on any atom is -0.378 e. The second-order valence-electron chi connectivity index (χ2n) is 9.23. The molecule has 3 nitrogen and oxygen atoms in total. The summed E-state index contributed by atoms with van der Waals surface area (Å²) in [7, 11) is 0. The van der Waals surface area contributed by atoms with E-state index in [4.69, 9.17) is 0 Å². The molecule has 2 bridgehead atoms. The zero-order chi connectivity index (χ0) is 20.9. The summed E-state index contributed by atoms with van der Waals surface area (Å²) < 4.78 is 1.16. The first kappa shape index (κ1) is 19.4. The molecular formula is C27H25IN2O. The zero-order valence-electron chi connectivity index (χ0n) is 17.2. The van der Waals surface area contributed by atoms with Crippen molar-refractivity contribution in [3.8, 4) is 0 Å². The van der Waals surface area contributed by atoms with Crippen LogP contribution in [-0.4, -0.2) is 5.91 Å². The molecule has 2 saturated carbocycles. The number of amides is 1. The summed E-state index contributed by atoms with van der Waals surface area (Å²) in [4.78, 5) is 13.0. The molecule has 0 radical (unpaired) electrons. The van der Waals surface area contributed by atoms with Crippen molar-refractivity contribution in [1.82, 2.24) is 0 Å². The highest BCUT2D eigenvalue weighted by Gasteiger charge is 2.53. The van der Waals surface area contributed by atoms with Gasteiger partial charge in [-0.15, -0.1) is 0 Å². The van der Waals surface area contributed by atoms with Gasteiger partial charge in [0.05, 0.1) is 6.04 Å². The number of anilines is 2. The molecule has 31 heavy (non-hydrogen) atoms. The summed E-state index contributed by atoms with van der Waals surface area (Å²) in [6.45, 7) is 0. The van der Waals surface area contributed by atoms with Crippen LogP contribution in [0.4, 0.5) is 11.4 Å². The van der Waals surface area contributed by atoms with Crippen LogP contribution in [0.3, 0.4) is 0 Å². The molecule has 6 rings (SSSR count). The van der Waals surface area contributed by atoms with Gasteiger partial charge in [-0.2, -0.15) is 0 Å². The Labute approximate surface area is 196 Å². The molecule has 1 amide bonds. The Morgan fingerprint density at radius 2 is 1.71 bits per heavy atom. The van der Waals surface area contributed by atoms with Crippen molar-refractivity contribution in [2.75, 3.05) is 10.6 Å². The molecule has 5 unspecified atom stereocenters. The van der Waals surface area contributed by atoms with Crippen molar-refractivity contribution in [2.45, 2.75) is 31.2 Å². The van der Waals surface area contributed by atoms with Crippen molar-refractivity contribution >= 4 is 39.9 Å². The topological polar surface area (TPSA) is 41.1 Å². The minimum absolute atomic E-state index is 0.0334. The van der Waals surface area contributed by atoms with E-state index in [1.54, 1.807) is 0 Å². The number of hydrogen-bond acceptors (Lipinski definition) is 2. The van der Waals surface area contributed by atoms with E-state index in [0.717, 1.165) is 26.7 Å². The van der Waals surface area contributed by atoms with E-state index < -0.39 is 0 Å². The molecule has 156 valence electrons. The molecule has 1 aliphatic heterocycles. The zero-order valence-corrected chi connectivity index (χ0v) is 19.4. The van der Waals surface area contributed by atoms with Gasteiger partial charge in [-0.05, 0) is 119 Å². The van der Waals surface area contributed by atoms with Crippen molar-refractivity contribution in [3.63, 3.8) is 0 Å². The van der Waals surface area contributed by atoms with Crippen LogP contribution in [-0.2, 0) is 0 Å². The molecule has 0 saturated heterocycles. The van der Waals surface area contributed by atoms with Crippen molar-refractivity contribution in [2.24, 2.45) is 17.8 Å². The lowest BCUT2D eigenvalue weighted by Gasteiger charge is -2.43. The fourth-order valence-corrected chi connectivity index (χ4v) is 6.71. The van der Waals surface area contributed by atoms with Crippen molar-refractivity contribution in [1.29, 1.82) is 0 Å². The third-order valence-electron chi connectivity index (χ3n) is 7.61. The number of fused-ring (bicyclic) bond motifs is 7. The number of hydrogen-bond donors (Lipinski definition) is 2.